The van der Waals surface area contributed by atoms with Crippen molar-refractivity contribution >= 4 is 39.3 Å². The second kappa shape index (κ2) is 7.94. The Hall–Kier alpha value is -2.84. The number of benzene rings is 1. The number of aliphatic hydroxyl groups is 1. The lowest BCUT2D eigenvalue weighted by molar-refractivity contribution is -0.126. The molecule has 1 aromatic rings. The van der Waals surface area contributed by atoms with Gasteiger partial charge in [0.1, 0.15) is 12.4 Å². The molecule has 164 valence electrons. The smallest absolute Gasteiger partial charge is 0.231 e. The molecule has 0 radical (unpaired) electrons. The lowest BCUT2D eigenvalue weighted by Gasteiger charge is -2.42. The molecular formula is C24H20BrNO6. The summed E-state index contributed by atoms with van der Waals surface area (Å²) in [4.78, 5) is 51.0. The monoisotopic (exact) mass is 497 g/mol. The first-order chi connectivity index (χ1) is 15.4. The normalized spacial score (nSPS) is 29.1. The van der Waals surface area contributed by atoms with Crippen molar-refractivity contribution in [2.45, 2.75) is 18.8 Å². The number of hydrogen-bond acceptors (Lipinski definition) is 6. The molecule has 0 aromatic heterocycles. The zero-order valence-corrected chi connectivity index (χ0v) is 18.6. The number of aliphatic hydroxyl groups excluding tert-OH is 1. The van der Waals surface area contributed by atoms with E-state index >= 15 is 0 Å². The van der Waals surface area contributed by atoms with Gasteiger partial charge in [-0.2, -0.15) is 0 Å². The fourth-order valence-corrected chi connectivity index (χ4v) is 5.86. The maximum Gasteiger partial charge on any atom is 0.231 e. The summed E-state index contributed by atoms with van der Waals surface area (Å²) in [6.45, 7) is 0.0691. The minimum absolute atomic E-state index is 0.101. The Balaban J connectivity index is 1.63. The zero-order chi connectivity index (χ0) is 22.6. The number of nitrogens with one attached hydrogen (secondary N) is 1. The summed E-state index contributed by atoms with van der Waals surface area (Å²) in [5.41, 5.74) is 2.56. The third kappa shape index (κ3) is 3.20. The van der Waals surface area contributed by atoms with Crippen molar-refractivity contribution in [3.8, 4) is 5.75 Å². The third-order valence-corrected chi connectivity index (χ3v) is 7.34. The van der Waals surface area contributed by atoms with E-state index in [2.05, 4.69) is 21.2 Å². The SMILES string of the molecule is O=C1C=C(Br)C(=O)C2=C1C(c1ccc(OCCO)cc1)C1=CCC3C(=O)NC(=O)C3C1C2. The summed E-state index contributed by atoms with van der Waals surface area (Å²) in [5.74, 6) is -2.28. The molecule has 2 N–H and O–H groups in total. The van der Waals surface area contributed by atoms with Crippen LogP contribution in [0.3, 0.4) is 0 Å². The van der Waals surface area contributed by atoms with Gasteiger partial charge in [-0.3, -0.25) is 24.5 Å². The summed E-state index contributed by atoms with van der Waals surface area (Å²) in [7, 11) is 0. The molecule has 2 amide bonds. The first-order valence-electron chi connectivity index (χ1n) is 10.5. The molecule has 0 bridgehead atoms. The van der Waals surface area contributed by atoms with Crippen LogP contribution in [0, 0.1) is 17.8 Å². The first kappa shape index (κ1) is 21.0. The van der Waals surface area contributed by atoms with Crippen molar-refractivity contribution in [2.24, 2.45) is 17.8 Å². The molecule has 1 aromatic carbocycles. The molecule has 1 fully saturated rings. The van der Waals surface area contributed by atoms with Gasteiger partial charge in [-0.15, -0.1) is 0 Å². The van der Waals surface area contributed by atoms with E-state index in [1.54, 1.807) is 12.1 Å². The Bertz CT molecular complexity index is 1150. The number of amides is 2. The van der Waals surface area contributed by atoms with Crippen LogP contribution in [-0.4, -0.2) is 41.7 Å². The van der Waals surface area contributed by atoms with Crippen LogP contribution < -0.4 is 10.1 Å². The van der Waals surface area contributed by atoms with E-state index in [1.807, 2.05) is 18.2 Å². The minimum atomic E-state index is -0.543. The molecule has 0 saturated carbocycles. The number of ketones is 2. The highest BCUT2D eigenvalue weighted by Crippen LogP contribution is 2.54. The largest absolute Gasteiger partial charge is 0.491 e. The number of rotatable bonds is 4. The number of allylic oxidation sites excluding steroid dienone is 6. The Morgan fingerprint density at radius 2 is 1.81 bits per heavy atom. The molecule has 5 rings (SSSR count). The Morgan fingerprint density at radius 3 is 2.53 bits per heavy atom. The van der Waals surface area contributed by atoms with Crippen molar-refractivity contribution in [3.05, 3.63) is 63.2 Å². The fourth-order valence-electron chi connectivity index (χ4n) is 5.42. The van der Waals surface area contributed by atoms with Crippen LogP contribution in [0.1, 0.15) is 24.3 Å². The van der Waals surface area contributed by atoms with Gasteiger partial charge in [-0.1, -0.05) is 23.8 Å². The highest BCUT2D eigenvalue weighted by molar-refractivity contribution is 9.12. The van der Waals surface area contributed by atoms with Crippen molar-refractivity contribution in [3.63, 3.8) is 0 Å². The molecule has 8 heteroatoms. The molecule has 1 aliphatic heterocycles. The van der Waals surface area contributed by atoms with Crippen molar-refractivity contribution < 1.29 is 29.0 Å². The van der Waals surface area contributed by atoms with Crippen LogP contribution in [0.25, 0.3) is 0 Å². The number of carbonyl (C=O) groups is 4. The number of hydrogen-bond donors (Lipinski definition) is 2. The minimum Gasteiger partial charge on any atom is -0.491 e. The van der Waals surface area contributed by atoms with Gasteiger partial charge in [0.05, 0.1) is 22.9 Å². The van der Waals surface area contributed by atoms with Gasteiger partial charge in [0.25, 0.3) is 0 Å². The van der Waals surface area contributed by atoms with Crippen molar-refractivity contribution in [2.75, 3.05) is 13.2 Å². The Morgan fingerprint density at radius 1 is 1.06 bits per heavy atom. The van der Waals surface area contributed by atoms with Gasteiger partial charge >= 0.3 is 0 Å². The Kier molecular flexibility index (Phi) is 5.22. The molecule has 4 aliphatic rings. The number of Topliss-reactive ketones (excluding diaryl/α,β-unsaturated/α-hetero) is 1. The highest BCUT2D eigenvalue weighted by Gasteiger charge is 2.53. The third-order valence-electron chi connectivity index (χ3n) is 6.75. The molecule has 1 saturated heterocycles. The second-order valence-electron chi connectivity index (χ2n) is 8.39. The summed E-state index contributed by atoms with van der Waals surface area (Å²) >= 11 is 3.20. The van der Waals surface area contributed by atoms with Crippen LogP contribution in [0.15, 0.2) is 57.6 Å². The predicted octanol–water partition coefficient (Wildman–Crippen LogP) is 2.11. The molecule has 4 atom stereocenters. The van der Waals surface area contributed by atoms with Crippen molar-refractivity contribution in [1.82, 2.24) is 5.32 Å². The summed E-state index contributed by atoms with van der Waals surface area (Å²) in [6, 6.07) is 7.19. The molecule has 3 aliphatic carbocycles. The number of imide groups is 1. The summed E-state index contributed by atoms with van der Waals surface area (Å²) in [5, 5.41) is 11.4. The van der Waals surface area contributed by atoms with Gasteiger partial charge in [0, 0.05) is 23.1 Å². The van der Waals surface area contributed by atoms with Gasteiger partial charge in [0.2, 0.25) is 11.8 Å². The maximum absolute atomic E-state index is 13.1. The molecule has 1 heterocycles. The number of halogens is 1. The van der Waals surface area contributed by atoms with E-state index in [1.165, 1.54) is 6.08 Å². The van der Waals surface area contributed by atoms with E-state index in [9.17, 15) is 19.2 Å². The van der Waals surface area contributed by atoms with Crippen LogP contribution in [0.5, 0.6) is 5.75 Å². The number of carbonyl (C=O) groups excluding carboxylic acids is 4. The van der Waals surface area contributed by atoms with Gasteiger partial charge < -0.3 is 9.84 Å². The predicted molar refractivity (Wildman–Crippen MR) is 117 cm³/mol. The van der Waals surface area contributed by atoms with Gasteiger partial charge in [-0.05, 0) is 52.4 Å². The van der Waals surface area contributed by atoms with Crippen LogP contribution in [-0.2, 0) is 19.2 Å². The fraction of sp³-hybridized carbons (Fsp3) is 0.333. The zero-order valence-electron chi connectivity index (χ0n) is 17.0. The average Bonchev–Trinajstić information content (AvgIpc) is 3.08. The Labute approximate surface area is 192 Å². The van der Waals surface area contributed by atoms with E-state index in [-0.39, 0.29) is 53.4 Å². The van der Waals surface area contributed by atoms with E-state index in [0.29, 0.717) is 23.3 Å². The lowest BCUT2D eigenvalue weighted by atomic mass is 9.59. The second-order valence-corrected chi connectivity index (χ2v) is 9.24. The topological polar surface area (TPSA) is 110 Å². The average molecular weight is 498 g/mol. The standard InChI is InChI=1S/C24H20BrNO6/c25-17-10-18(28)21-16(22(17)29)9-15-13(5-6-14-20(15)24(31)26-23(14)30)19(21)11-1-3-12(4-2-11)32-8-7-27/h1-5,10,14-15,19-20,27H,6-9H2,(H,26,30,31). The number of fused-ring (bicyclic) bond motifs is 3. The van der Waals surface area contributed by atoms with Gasteiger partial charge in [0.15, 0.2) is 11.6 Å². The van der Waals surface area contributed by atoms with E-state index in [4.69, 9.17) is 9.84 Å². The van der Waals surface area contributed by atoms with Crippen LogP contribution in [0.4, 0.5) is 0 Å². The van der Waals surface area contributed by atoms with E-state index in [0.717, 1.165) is 11.1 Å². The molecule has 7 nitrogen and oxygen atoms in total. The summed E-state index contributed by atoms with van der Waals surface area (Å²) < 4.78 is 5.65. The first-order valence-corrected chi connectivity index (χ1v) is 11.3. The molecule has 4 unspecified atom stereocenters. The lowest BCUT2D eigenvalue weighted by Crippen LogP contribution is -2.39. The van der Waals surface area contributed by atoms with E-state index < -0.39 is 17.8 Å². The quantitative estimate of drug-likeness (QED) is 0.374. The molecular weight excluding hydrogens is 478 g/mol. The molecule has 0 spiro atoms. The number of ether oxygens (including phenoxy) is 1. The van der Waals surface area contributed by atoms with Crippen LogP contribution >= 0.6 is 15.9 Å². The van der Waals surface area contributed by atoms with Crippen LogP contribution in [0.2, 0.25) is 0 Å². The maximum atomic E-state index is 13.1. The molecule has 32 heavy (non-hydrogen) atoms. The summed E-state index contributed by atoms with van der Waals surface area (Å²) in [6.07, 6.45) is 3.96. The highest BCUT2D eigenvalue weighted by atomic mass is 79.9. The van der Waals surface area contributed by atoms with Crippen molar-refractivity contribution in [1.29, 1.82) is 0 Å². The van der Waals surface area contributed by atoms with Gasteiger partial charge in [-0.25, -0.2) is 0 Å².